The van der Waals surface area contributed by atoms with Gasteiger partial charge in [-0.1, -0.05) is 0 Å². The minimum Gasteiger partial charge on any atom is -0.387 e. The summed E-state index contributed by atoms with van der Waals surface area (Å²) in [7, 11) is 2.80. The van der Waals surface area contributed by atoms with Crippen molar-refractivity contribution in [1.29, 1.82) is 0 Å². The second-order valence-electron chi connectivity index (χ2n) is 3.20. The number of hydrogen-bond acceptors (Lipinski definition) is 6. The standard InChI is InChI=1S/C8H16O6/c1-12-3-4-5(9)7(13-2)6(10)8(11)14-4/h4-11H,3H2,1-2H3/t4-,5-,6-,7+,8?/m1/s1. The zero-order valence-corrected chi connectivity index (χ0v) is 8.16. The molecule has 6 nitrogen and oxygen atoms in total. The summed E-state index contributed by atoms with van der Waals surface area (Å²) < 4.78 is 14.6. The second kappa shape index (κ2) is 5.01. The molecule has 6 heteroatoms. The number of ether oxygens (including phenoxy) is 3. The number of aliphatic hydroxyl groups excluding tert-OH is 3. The fraction of sp³-hybridized carbons (Fsp3) is 1.00. The van der Waals surface area contributed by atoms with Crippen LogP contribution < -0.4 is 0 Å². The Morgan fingerprint density at radius 3 is 2.29 bits per heavy atom. The third-order valence-corrected chi connectivity index (χ3v) is 2.26. The van der Waals surface area contributed by atoms with Gasteiger partial charge in [0.15, 0.2) is 6.29 Å². The van der Waals surface area contributed by atoms with Crippen LogP contribution in [0.25, 0.3) is 0 Å². The van der Waals surface area contributed by atoms with Gasteiger partial charge in [-0.15, -0.1) is 0 Å². The summed E-state index contributed by atoms with van der Waals surface area (Å²) in [4.78, 5) is 0. The first-order chi connectivity index (χ1) is 6.61. The molecule has 1 aliphatic heterocycles. The van der Waals surface area contributed by atoms with E-state index < -0.39 is 30.7 Å². The molecule has 0 spiro atoms. The van der Waals surface area contributed by atoms with E-state index in [0.29, 0.717) is 0 Å². The molecule has 1 saturated heterocycles. The summed E-state index contributed by atoms with van der Waals surface area (Å²) in [5.74, 6) is 0. The van der Waals surface area contributed by atoms with Crippen LogP contribution in [0, 0.1) is 0 Å². The van der Waals surface area contributed by atoms with Crippen LogP contribution >= 0.6 is 0 Å². The molecule has 0 bridgehead atoms. The predicted molar refractivity (Wildman–Crippen MR) is 45.6 cm³/mol. The van der Waals surface area contributed by atoms with Crippen molar-refractivity contribution in [2.45, 2.75) is 30.7 Å². The lowest BCUT2D eigenvalue weighted by Crippen LogP contribution is -2.59. The van der Waals surface area contributed by atoms with E-state index in [1.54, 1.807) is 0 Å². The molecule has 0 aliphatic carbocycles. The quantitative estimate of drug-likeness (QED) is 0.501. The van der Waals surface area contributed by atoms with Gasteiger partial charge in [0.2, 0.25) is 0 Å². The van der Waals surface area contributed by atoms with E-state index in [4.69, 9.17) is 14.2 Å². The fourth-order valence-electron chi connectivity index (χ4n) is 1.50. The van der Waals surface area contributed by atoms with Gasteiger partial charge in [-0.25, -0.2) is 0 Å². The fourth-order valence-corrected chi connectivity index (χ4v) is 1.50. The van der Waals surface area contributed by atoms with Crippen molar-refractivity contribution in [2.75, 3.05) is 20.8 Å². The molecule has 0 radical (unpaired) electrons. The van der Waals surface area contributed by atoms with Crippen molar-refractivity contribution in [3.63, 3.8) is 0 Å². The maximum Gasteiger partial charge on any atom is 0.184 e. The Morgan fingerprint density at radius 2 is 1.79 bits per heavy atom. The average Bonchev–Trinajstić information content (AvgIpc) is 2.16. The zero-order valence-electron chi connectivity index (χ0n) is 8.16. The lowest BCUT2D eigenvalue weighted by molar-refractivity contribution is -0.291. The molecule has 0 aromatic carbocycles. The predicted octanol–water partition coefficient (Wildman–Crippen LogP) is -1.91. The van der Waals surface area contributed by atoms with Crippen LogP contribution in [0.15, 0.2) is 0 Å². The van der Waals surface area contributed by atoms with Gasteiger partial charge in [0.25, 0.3) is 0 Å². The number of hydrogen-bond donors (Lipinski definition) is 3. The normalized spacial score (nSPS) is 43.9. The van der Waals surface area contributed by atoms with Crippen LogP contribution in [0.2, 0.25) is 0 Å². The smallest absolute Gasteiger partial charge is 0.184 e. The lowest BCUT2D eigenvalue weighted by Gasteiger charge is -2.39. The Labute approximate surface area is 82.0 Å². The molecule has 0 aromatic heterocycles. The average molecular weight is 208 g/mol. The van der Waals surface area contributed by atoms with E-state index in [1.807, 2.05) is 0 Å². The van der Waals surface area contributed by atoms with Crippen LogP contribution in [0.5, 0.6) is 0 Å². The third kappa shape index (κ3) is 2.22. The van der Waals surface area contributed by atoms with Gasteiger partial charge >= 0.3 is 0 Å². The first kappa shape index (κ1) is 11.8. The molecule has 5 atom stereocenters. The van der Waals surface area contributed by atoms with E-state index in [2.05, 4.69) is 0 Å². The Bertz CT molecular complexity index is 175. The van der Waals surface area contributed by atoms with Crippen molar-refractivity contribution in [1.82, 2.24) is 0 Å². The van der Waals surface area contributed by atoms with Crippen molar-refractivity contribution in [2.24, 2.45) is 0 Å². The van der Waals surface area contributed by atoms with Gasteiger partial charge in [0.1, 0.15) is 24.4 Å². The SMILES string of the molecule is COC[C@H]1OC(O)[C@H](O)[C@@H](OC)[C@@H]1O. The van der Waals surface area contributed by atoms with E-state index in [1.165, 1.54) is 14.2 Å². The molecule has 1 unspecified atom stereocenters. The van der Waals surface area contributed by atoms with Crippen LogP contribution in [0.3, 0.4) is 0 Å². The molecule has 0 aromatic rings. The summed E-state index contributed by atoms with van der Waals surface area (Å²) in [6, 6.07) is 0. The molecule has 1 rings (SSSR count). The van der Waals surface area contributed by atoms with Crippen molar-refractivity contribution >= 4 is 0 Å². The maximum absolute atomic E-state index is 9.65. The van der Waals surface area contributed by atoms with Gasteiger partial charge in [-0.2, -0.15) is 0 Å². The highest BCUT2D eigenvalue weighted by Crippen LogP contribution is 2.21. The lowest BCUT2D eigenvalue weighted by atomic mass is 9.99. The number of rotatable bonds is 3. The topological polar surface area (TPSA) is 88.4 Å². The number of aliphatic hydroxyl groups is 3. The highest BCUT2D eigenvalue weighted by atomic mass is 16.7. The zero-order chi connectivity index (χ0) is 10.7. The summed E-state index contributed by atoms with van der Waals surface area (Å²) in [5.41, 5.74) is 0. The van der Waals surface area contributed by atoms with Gasteiger partial charge in [0.05, 0.1) is 6.61 Å². The molecule has 1 heterocycles. The maximum atomic E-state index is 9.65. The molecule has 3 N–H and O–H groups in total. The molecular weight excluding hydrogens is 192 g/mol. The van der Waals surface area contributed by atoms with Crippen molar-refractivity contribution in [3.05, 3.63) is 0 Å². The van der Waals surface area contributed by atoms with Gasteiger partial charge in [-0.05, 0) is 0 Å². The van der Waals surface area contributed by atoms with E-state index in [-0.39, 0.29) is 6.61 Å². The highest BCUT2D eigenvalue weighted by Gasteiger charge is 2.44. The molecule has 14 heavy (non-hydrogen) atoms. The Hall–Kier alpha value is -0.240. The first-order valence-electron chi connectivity index (χ1n) is 4.33. The Kier molecular flexibility index (Phi) is 4.24. The van der Waals surface area contributed by atoms with Crippen LogP contribution in [-0.4, -0.2) is 66.9 Å². The summed E-state index contributed by atoms with van der Waals surface area (Å²) in [6.07, 6.45) is -5.17. The molecule has 1 aliphatic rings. The highest BCUT2D eigenvalue weighted by molar-refractivity contribution is 4.89. The Morgan fingerprint density at radius 1 is 1.14 bits per heavy atom. The monoisotopic (exact) mass is 208 g/mol. The van der Waals surface area contributed by atoms with Crippen LogP contribution in [0.4, 0.5) is 0 Å². The van der Waals surface area contributed by atoms with E-state index in [9.17, 15) is 15.3 Å². The van der Waals surface area contributed by atoms with E-state index >= 15 is 0 Å². The van der Waals surface area contributed by atoms with Gasteiger partial charge in [-0.3, -0.25) is 0 Å². The second-order valence-corrected chi connectivity index (χ2v) is 3.20. The largest absolute Gasteiger partial charge is 0.387 e. The van der Waals surface area contributed by atoms with E-state index in [0.717, 1.165) is 0 Å². The molecule has 0 amide bonds. The third-order valence-electron chi connectivity index (χ3n) is 2.26. The van der Waals surface area contributed by atoms with Gasteiger partial charge < -0.3 is 29.5 Å². The molecule has 1 fully saturated rings. The van der Waals surface area contributed by atoms with Crippen LogP contribution in [0.1, 0.15) is 0 Å². The minimum absolute atomic E-state index is 0.130. The minimum atomic E-state index is -1.36. The first-order valence-corrected chi connectivity index (χ1v) is 4.33. The number of methoxy groups -OCH3 is 2. The molecule has 0 saturated carbocycles. The van der Waals surface area contributed by atoms with Crippen LogP contribution in [-0.2, 0) is 14.2 Å². The van der Waals surface area contributed by atoms with Crippen molar-refractivity contribution in [3.8, 4) is 0 Å². The summed E-state index contributed by atoms with van der Waals surface area (Å²) >= 11 is 0. The molecule has 84 valence electrons. The van der Waals surface area contributed by atoms with Crippen molar-refractivity contribution < 1.29 is 29.5 Å². The summed E-state index contributed by atoms with van der Waals surface area (Å²) in [5, 5.41) is 28.3. The summed E-state index contributed by atoms with van der Waals surface area (Å²) in [6.45, 7) is 0.130. The molecular formula is C8H16O6. The Balaban J connectivity index is 2.65. The van der Waals surface area contributed by atoms with Gasteiger partial charge in [0, 0.05) is 14.2 Å².